The van der Waals surface area contributed by atoms with Crippen LogP contribution >= 0.6 is 0 Å². The van der Waals surface area contributed by atoms with Gasteiger partial charge in [-0.3, -0.25) is 8.22 Å². The van der Waals surface area contributed by atoms with E-state index in [-0.39, 0.29) is 0 Å². The lowest BCUT2D eigenvalue weighted by molar-refractivity contribution is 0.640. The Morgan fingerprint density at radius 2 is 1.30 bits per heavy atom. The van der Waals surface area contributed by atoms with Gasteiger partial charge in [-0.1, -0.05) is 25.3 Å². The highest BCUT2D eigenvalue weighted by Crippen LogP contribution is 2.10. The highest BCUT2D eigenvalue weighted by molar-refractivity contribution is 6.83. The lowest BCUT2D eigenvalue weighted by Gasteiger charge is -2.09. The van der Waals surface area contributed by atoms with E-state index in [1.165, 1.54) is 0 Å². The standard InChI is InChI=1S/C6H14F2Si2/c1-9(2,3)5-6-10(4,7)8/h5-6H,1-4H3/b6-5+. The summed E-state index contributed by atoms with van der Waals surface area (Å²) in [7, 11) is -5.31. The quantitative estimate of drug-likeness (QED) is 0.453. The van der Waals surface area contributed by atoms with E-state index in [1.54, 1.807) is 5.70 Å². The van der Waals surface area contributed by atoms with Gasteiger partial charge >= 0.3 is 8.74 Å². The molecule has 60 valence electrons. The van der Waals surface area contributed by atoms with Gasteiger partial charge in [-0.2, -0.15) is 0 Å². The van der Waals surface area contributed by atoms with Crippen LogP contribution in [0.25, 0.3) is 0 Å². The molecular weight excluding hydrogens is 166 g/mol. The average Bonchev–Trinajstić information content (AvgIpc) is 1.57. The van der Waals surface area contributed by atoms with Gasteiger partial charge in [-0.15, -0.1) is 0 Å². The van der Waals surface area contributed by atoms with Crippen LogP contribution in [0, 0.1) is 0 Å². The van der Waals surface area contributed by atoms with Crippen molar-refractivity contribution in [2.24, 2.45) is 0 Å². The van der Waals surface area contributed by atoms with Gasteiger partial charge in [0.25, 0.3) is 0 Å². The van der Waals surface area contributed by atoms with Crippen molar-refractivity contribution in [3.63, 3.8) is 0 Å². The maximum Gasteiger partial charge on any atom is 0.444 e. The molecular formula is C6H14F2Si2. The van der Waals surface area contributed by atoms with Crippen molar-refractivity contribution in [1.29, 1.82) is 0 Å². The van der Waals surface area contributed by atoms with Crippen molar-refractivity contribution in [2.75, 3.05) is 0 Å². The fraction of sp³-hybridized carbons (Fsp3) is 0.667. The minimum Gasteiger partial charge on any atom is -0.266 e. The first-order valence-corrected chi connectivity index (χ1v) is 9.20. The normalized spacial score (nSPS) is 14.6. The molecule has 0 fully saturated rings. The molecule has 0 rings (SSSR count). The van der Waals surface area contributed by atoms with Crippen molar-refractivity contribution < 1.29 is 8.22 Å². The SMILES string of the molecule is C[Si](C)(C)/C=C/[Si](C)(F)F. The van der Waals surface area contributed by atoms with Crippen molar-refractivity contribution in [1.82, 2.24) is 0 Å². The van der Waals surface area contributed by atoms with E-state index in [4.69, 9.17) is 0 Å². The van der Waals surface area contributed by atoms with Gasteiger partial charge in [0.2, 0.25) is 0 Å². The monoisotopic (exact) mass is 180 g/mol. The fourth-order valence-electron chi connectivity index (χ4n) is 0.396. The van der Waals surface area contributed by atoms with E-state index in [9.17, 15) is 8.22 Å². The predicted octanol–water partition coefficient (Wildman–Crippen LogP) is 2.97. The number of hydrogen-bond acceptors (Lipinski definition) is 0. The minimum absolute atomic E-state index is 1.05. The Morgan fingerprint density at radius 3 is 1.40 bits per heavy atom. The van der Waals surface area contributed by atoms with Gasteiger partial charge in [0, 0.05) is 0 Å². The maximum atomic E-state index is 12.3. The van der Waals surface area contributed by atoms with Crippen LogP contribution in [0.4, 0.5) is 8.22 Å². The molecule has 0 bridgehead atoms. The van der Waals surface area contributed by atoms with Gasteiger partial charge in [-0.05, 0) is 12.2 Å². The molecule has 0 aliphatic carbocycles. The summed E-state index contributed by atoms with van der Waals surface area (Å²) in [6.45, 7) is 7.18. The Balaban J connectivity index is 4.01. The summed E-state index contributed by atoms with van der Waals surface area (Å²) >= 11 is 0. The summed E-state index contributed by atoms with van der Waals surface area (Å²) in [5, 5.41) is 0. The molecule has 0 nitrogen and oxygen atoms in total. The molecule has 0 saturated heterocycles. The predicted molar refractivity (Wildman–Crippen MR) is 46.3 cm³/mol. The summed E-state index contributed by atoms with van der Waals surface area (Å²) in [5.74, 6) is 0. The summed E-state index contributed by atoms with van der Waals surface area (Å²) in [6.07, 6.45) is 0. The van der Waals surface area contributed by atoms with E-state index in [1.807, 2.05) is 19.6 Å². The van der Waals surface area contributed by atoms with E-state index in [0.717, 1.165) is 12.2 Å². The minimum atomic E-state index is -3.91. The first-order chi connectivity index (χ1) is 4.21. The molecule has 0 aliphatic rings. The summed E-state index contributed by atoms with van der Waals surface area (Å²) < 4.78 is 24.7. The number of rotatable bonds is 2. The van der Waals surface area contributed by atoms with Crippen LogP contribution in [0.5, 0.6) is 0 Å². The van der Waals surface area contributed by atoms with Crippen LogP contribution in [-0.4, -0.2) is 16.8 Å². The first kappa shape index (κ1) is 10.0. The third kappa shape index (κ3) is 8.03. The Kier molecular flexibility index (Phi) is 2.97. The molecule has 4 heteroatoms. The Morgan fingerprint density at radius 1 is 0.900 bits per heavy atom. The third-order valence-electron chi connectivity index (χ3n) is 0.876. The first-order valence-electron chi connectivity index (χ1n) is 3.29. The largest absolute Gasteiger partial charge is 0.444 e. The lowest BCUT2D eigenvalue weighted by atomic mass is 11.2. The molecule has 0 aromatic heterocycles. The fourth-order valence-corrected chi connectivity index (χ4v) is 3.57. The van der Waals surface area contributed by atoms with Crippen LogP contribution in [0.15, 0.2) is 11.4 Å². The second-order valence-corrected chi connectivity index (χ2v) is 11.0. The van der Waals surface area contributed by atoms with Gasteiger partial charge in [0.1, 0.15) is 0 Å². The highest BCUT2D eigenvalue weighted by atomic mass is 28.4. The van der Waals surface area contributed by atoms with Crippen LogP contribution in [0.2, 0.25) is 26.2 Å². The van der Waals surface area contributed by atoms with Crippen molar-refractivity contribution >= 4 is 16.8 Å². The van der Waals surface area contributed by atoms with Crippen molar-refractivity contribution in [3.05, 3.63) is 11.4 Å². The van der Waals surface area contributed by atoms with Crippen LogP contribution in [-0.2, 0) is 0 Å². The lowest BCUT2D eigenvalue weighted by Crippen LogP contribution is -2.20. The summed E-state index contributed by atoms with van der Waals surface area (Å²) in [5.41, 5.74) is 2.86. The number of hydrogen-bond donors (Lipinski definition) is 0. The zero-order valence-electron chi connectivity index (χ0n) is 6.91. The second-order valence-electron chi connectivity index (χ2n) is 3.66. The van der Waals surface area contributed by atoms with E-state index in [0.29, 0.717) is 0 Å². The molecule has 0 spiro atoms. The third-order valence-corrected chi connectivity index (χ3v) is 3.13. The molecule has 0 unspecified atom stereocenters. The van der Waals surface area contributed by atoms with Crippen molar-refractivity contribution in [3.8, 4) is 0 Å². The topological polar surface area (TPSA) is 0 Å². The highest BCUT2D eigenvalue weighted by Gasteiger charge is 2.24. The molecule has 0 aromatic rings. The van der Waals surface area contributed by atoms with E-state index < -0.39 is 16.8 Å². The summed E-state index contributed by atoms with van der Waals surface area (Å²) in [6, 6.07) is 0. The van der Waals surface area contributed by atoms with Gasteiger partial charge in [0.05, 0.1) is 8.07 Å². The zero-order chi connectivity index (χ0) is 8.41. The Bertz CT molecular complexity index is 114. The van der Waals surface area contributed by atoms with Gasteiger partial charge in [0.15, 0.2) is 0 Å². The van der Waals surface area contributed by atoms with Crippen LogP contribution in [0.1, 0.15) is 0 Å². The average molecular weight is 180 g/mol. The molecule has 0 amide bonds. The molecule has 0 saturated carbocycles. The Labute approximate surface area is 63.3 Å². The molecule has 0 N–H and O–H groups in total. The molecule has 10 heavy (non-hydrogen) atoms. The molecule has 0 heterocycles. The molecule has 0 atom stereocenters. The molecule has 0 aliphatic heterocycles. The van der Waals surface area contributed by atoms with Crippen molar-refractivity contribution in [2.45, 2.75) is 26.2 Å². The van der Waals surface area contributed by atoms with Crippen LogP contribution in [0.3, 0.4) is 0 Å². The zero-order valence-corrected chi connectivity index (χ0v) is 8.91. The number of halogens is 2. The Hall–Kier alpha value is 0.0338. The molecule has 0 aromatic carbocycles. The maximum absolute atomic E-state index is 12.3. The smallest absolute Gasteiger partial charge is 0.266 e. The summed E-state index contributed by atoms with van der Waals surface area (Å²) in [4.78, 5) is 0. The van der Waals surface area contributed by atoms with Gasteiger partial charge < -0.3 is 0 Å². The van der Waals surface area contributed by atoms with E-state index in [2.05, 4.69) is 0 Å². The van der Waals surface area contributed by atoms with Crippen LogP contribution < -0.4 is 0 Å². The van der Waals surface area contributed by atoms with E-state index >= 15 is 0 Å². The second kappa shape index (κ2) is 2.96. The van der Waals surface area contributed by atoms with Gasteiger partial charge in [-0.25, -0.2) is 0 Å². The molecule has 0 radical (unpaired) electrons.